The first-order valence-corrected chi connectivity index (χ1v) is 12.4. The van der Waals surface area contributed by atoms with Crippen LogP contribution in [0.4, 0.5) is 5.69 Å². The molecule has 172 valence electrons. The smallest absolute Gasteiger partial charge is 0.234 e. The highest BCUT2D eigenvalue weighted by Gasteiger charge is 2.29. The first kappa shape index (κ1) is 21.8. The van der Waals surface area contributed by atoms with Crippen LogP contribution in [-0.2, 0) is 4.79 Å². The van der Waals surface area contributed by atoms with Crippen LogP contribution in [0, 0.1) is 12.8 Å². The number of fused-ring (bicyclic) bond motifs is 1. The van der Waals surface area contributed by atoms with Gasteiger partial charge in [-0.05, 0) is 43.9 Å². The van der Waals surface area contributed by atoms with Gasteiger partial charge < -0.3 is 14.8 Å². The molecule has 0 radical (unpaired) electrons. The molecule has 2 aliphatic rings. The molecule has 0 unspecified atom stereocenters. The Labute approximate surface area is 197 Å². The van der Waals surface area contributed by atoms with Crippen LogP contribution >= 0.6 is 11.8 Å². The molecule has 1 aromatic heterocycles. The Morgan fingerprint density at radius 1 is 1.12 bits per heavy atom. The second-order valence-electron chi connectivity index (χ2n) is 8.78. The Balaban J connectivity index is 1.35. The SMILES string of the molecule is Cc1cccc(-c2nnc(SCC(=O)Nc3ccc4c(c3)OCO4)n2[C@@H]2CCCC[C@H]2C)c1. The third-order valence-electron chi connectivity index (χ3n) is 6.33. The van der Waals surface area contributed by atoms with Crippen LogP contribution in [0.2, 0.25) is 0 Å². The van der Waals surface area contributed by atoms with Crippen LogP contribution in [0.1, 0.15) is 44.2 Å². The van der Waals surface area contributed by atoms with Gasteiger partial charge in [-0.2, -0.15) is 0 Å². The molecule has 0 spiro atoms. The molecule has 1 saturated carbocycles. The first-order chi connectivity index (χ1) is 16.1. The molecule has 1 N–H and O–H groups in total. The van der Waals surface area contributed by atoms with Crippen LogP contribution in [0.25, 0.3) is 11.4 Å². The molecule has 5 rings (SSSR count). The van der Waals surface area contributed by atoms with E-state index in [-0.39, 0.29) is 18.5 Å². The van der Waals surface area contributed by atoms with Crippen molar-refractivity contribution in [2.75, 3.05) is 17.9 Å². The van der Waals surface area contributed by atoms with Crippen molar-refractivity contribution in [2.45, 2.75) is 50.7 Å². The maximum atomic E-state index is 12.7. The number of ether oxygens (including phenoxy) is 2. The lowest BCUT2D eigenvalue weighted by molar-refractivity contribution is -0.113. The van der Waals surface area contributed by atoms with E-state index < -0.39 is 0 Å². The predicted molar refractivity (Wildman–Crippen MR) is 129 cm³/mol. The molecule has 2 aromatic carbocycles. The molecule has 0 bridgehead atoms. The lowest BCUT2D eigenvalue weighted by Gasteiger charge is -2.31. The third-order valence-corrected chi connectivity index (χ3v) is 7.27. The zero-order chi connectivity index (χ0) is 22.8. The normalized spacial score (nSPS) is 19.5. The number of hydrogen-bond donors (Lipinski definition) is 1. The van der Waals surface area contributed by atoms with Crippen LogP contribution in [0.15, 0.2) is 47.6 Å². The zero-order valence-electron chi connectivity index (χ0n) is 18.9. The summed E-state index contributed by atoms with van der Waals surface area (Å²) in [6, 6.07) is 14.1. The fraction of sp³-hybridized carbons (Fsp3) is 0.400. The molecule has 8 heteroatoms. The number of hydrogen-bond acceptors (Lipinski definition) is 6. The average molecular weight is 465 g/mol. The minimum atomic E-state index is -0.0952. The number of nitrogens with one attached hydrogen (secondary N) is 1. The van der Waals surface area contributed by atoms with E-state index in [0.717, 1.165) is 23.0 Å². The van der Waals surface area contributed by atoms with E-state index >= 15 is 0 Å². The molecule has 33 heavy (non-hydrogen) atoms. The fourth-order valence-electron chi connectivity index (χ4n) is 4.64. The Morgan fingerprint density at radius 2 is 1.97 bits per heavy atom. The Bertz CT molecular complexity index is 1160. The molecule has 2 atom stereocenters. The summed E-state index contributed by atoms with van der Waals surface area (Å²) in [6.07, 6.45) is 4.77. The second kappa shape index (κ2) is 9.47. The number of anilines is 1. The minimum absolute atomic E-state index is 0.0952. The summed E-state index contributed by atoms with van der Waals surface area (Å²) in [5, 5.41) is 12.8. The Kier molecular flexibility index (Phi) is 6.26. The molecule has 7 nitrogen and oxygen atoms in total. The van der Waals surface area contributed by atoms with Crippen molar-refractivity contribution >= 4 is 23.4 Å². The Hall–Kier alpha value is -3.00. The van der Waals surface area contributed by atoms with Gasteiger partial charge in [0, 0.05) is 23.4 Å². The van der Waals surface area contributed by atoms with Crippen LogP contribution < -0.4 is 14.8 Å². The van der Waals surface area contributed by atoms with Gasteiger partial charge in [-0.15, -0.1) is 10.2 Å². The minimum Gasteiger partial charge on any atom is -0.454 e. The van der Waals surface area contributed by atoms with Gasteiger partial charge in [-0.25, -0.2) is 0 Å². The highest BCUT2D eigenvalue weighted by atomic mass is 32.2. The quantitative estimate of drug-likeness (QED) is 0.488. The van der Waals surface area contributed by atoms with Gasteiger partial charge in [-0.3, -0.25) is 9.36 Å². The summed E-state index contributed by atoms with van der Waals surface area (Å²) >= 11 is 1.44. The van der Waals surface area contributed by atoms with Gasteiger partial charge in [0.2, 0.25) is 12.7 Å². The number of carbonyl (C=O) groups is 1. The van der Waals surface area contributed by atoms with E-state index in [1.807, 2.05) is 6.07 Å². The molecular weight excluding hydrogens is 436 g/mol. The van der Waals surface area contributed by atoms with Crippen molar-refractivity contribution in [2.24, 2.45) is 5.92 Å². The van der Waals surface area contributed by atoms with Crippen molar-refractivity contribution in [3.63, 3.8) is 0 Å². The topological polar surface area (TPSA) is 78.3 Å². The lowest BCUT2D eigenvalue weighted by Crippen LogP contribution is -2.23. The molecule has 2 heterocycles. The number of aryl methyl sites for hydroxylation is 1. The van der Waals surface area contributed by atoms with Crippen molar-refractivity contribution in [1.29, 1.82) is 0 Å². The summed E-state index contributed by atoms with van der Waals surface area (Å²) < 4.78 is 13.0. The molecule has 1 aliphatic heterocycles. The highest BCUT2D eigenvalue weighted by molar-refractivity contribution is 7.99. The number of nitrogens with zero attached hydrogens (tertiary/aromatic N) is 3. The highest BCUT2D eigenvalue weighted by Crippen LogP contribution is 2.39. The number of carbonyl (C=O) groups excluding carboxylic acids is 1. The molecule has 1 aliphatic carbocycles. The number of thioether (sulfide) groups is 1. The van der Waals surface area contributed by atoms with Gasteiger partial charge in [0.25, 0.3) is 0 Å². The standard InChI is InChI=1S/C25H28N4O3S/c1-16-6-5-8-18(12-16)24-27-28-25(29(24)20-9-4-3-7-17(20)2)33-14-23(30)26-19-10-11-21-22(13-19)32-15-31-21/h5-6,8,10-13,17,20H,3-4,7,9,14-15H2,1-2H3,(H,26,30)/t17-,20-/m1/s1. The number of rotatable bonds is 6. The predicted octanol–water partition coefficient (Wildman–Crippen LogP) is 5.46. The Morgan fingerprint density at radius 3 is 2.82 bits per heavy atom. The van der Waals surface area contributed by atoms with Crippen molar-refractivity contribution < 1.29 is 14.3 Å². The summed E-state index contributed by atoms with van der Waals surface area (Å²) in [6.45, 7) is 4.61. The van der Waals surface area contributed by atoms with Gasteiger partial charge in [-0.1, -0.05) is 55.3 Å². The van der Waals surface area contributed by atoms with E-state index in [1.54, 1.807) is 12.1 Å². The lowest BCUT2D eigenvalue weighted by atomic mass is 9.85. The van der Waals surface area contributed by atoms with Crippen molar-refractivity contribution in [3.05, 3.63) is 48.0 Å². The van der Waals surface area contributed by atoms with Crippen molar-refractivity contribution in [1.82, 2.24) is 14.8 Å². The maximum Gasteiger partial charge on any atom is 0.234 e. The number of aromatic nitrogens is 3. The summed E-state index contributed by atoms with van der Waals surface area (Å²) in [5.74, 6) is 2.93. The van der Waals surface area contributed by atoms with E-state index in [1.165, 1.54) is 36.6 Å². The zero-order valence-corrected chi connectivity index (χ0v) is 19.7. The maximum absolute atomic E-state index is 12.7. The van der Waals surface area contributed by atoms with E-state index in [2.05, 4.69) is 58.2 Å². The van der Waals surface area contributed by atoms with E-state index in [9.17, 15) is 4.79 Å². The monoisotopic (exact) mass is 464 g/mol. The van der Waals surface area contributed by atoms with Gasteiger partial charge in [0.1, 0.15) is 0 Å². The molecule has 3 aromatic rings. The van der Waals surface area contributed by atoms with E-state index in [4.69, 9.17) is 9.47 Å². The summed E-state index contributed by atoms with van der Waals surface area (Å²) in [7, 11) is 0. The molecular formula is C25H28N4O3S. The van der Waals surface area contributed by atoms with Crippen LogP contribution in [0.3, 0.4) is 0 Å². The molecule has 1 fully saturated rings. The number of amides is 1. The van der Waals surface area contributed by atoms with Gasteiger partial charge in [0.05, 0.1) is 5.75 Å². The average Bonchev–Trinajstić information content (AvgIpc) is 3.45. The largest absolute Gasteiger partial charge is 0.454 e. The van der Waals surface area contributed by atoms with Gasteiger partial charge in [0.15, 0.2) is 22.5 Å². The second-order valence-corrected chi connectivity index (χ2v) is 9.72. The third kappa shape index (κ3) is 4.71. The van der Waals surface area contributed by atoms with Gasteiger partial charge >= 0.3 is 0 Å². The molecule has 1 amide bonds. The first-order valence-electron chi connectivity index (χ1n) is 11.4. The number of benzene rings is 2. The van der Waals surface area contributed by atoms with E-state index in [0.29, 0.717) is 29.1 Å². The molecule has 0 saturated heterocycles. The van der Waals surface area contributed by atoms with Crippen molar-refractivity contribution in [3.8, 4) is 22.9 Å². The van der Waals surface area contributed by atoms with Crippen LogP contribution in [-0.4, -0.2) is 33.2 Å². The van der Waals surface area contributed by atoms with Crippen LogP contribution in [0.5, 0.6) is 11.5 Å². The summed E-state index contributed by atoms with van der Waals surface area (Å²) in [4.78, 5) is 12.7. The summed E-state index contributed by atoms with van der Waals surface area (Å²) in [5.41, 5.74) is 2.95. The fourth-order valence-corrected chi connectivity index (χ4v) is 5.43.